The van der Waals surface area contributed by atoms with Gasteiger partial charge in [0.1, 0.15) is 4.88 Å². The van der Waals surface area contributed by atoms with Crippen LogP contribution in [0.3, 0.4) is 0 Å². The standard InChI is InChI=1S/C14H23N3OS/c1-3-5-8-17-14-10(9-6-7-9)11(15)12(19-14)13(18)16-4-2/h9,17H,3-8,15H2,1-2H3,(H,16,18). The molecule has 0 saturated heterocycles. The highest BCUT2D eigenvalue weighted by Crippen LogP contribution is 2.50. The van der Waals surface area contributed by atoms with Gasteiger partial charge in [-0.15, -0.1) is 11.3 Å². The molecule has 1 aliphatic rings. The van der Waals surface area contributed by atoms with Crippen LogP contribution in [0.1, 0.15) is 60.7 Å². The Hall–Kier alpha value is -1.23. The molecule has 19 heavy (non-hydrogen) atoms. The van der Waals surface area contributed by atoms with E-state index in [2.05, 4.69) is 17.6 Å². The zero-order valence-corrected chi connectivity index (χ0v) is 12.5. The molecule has 106 valence electrons. The molecule has 1 fully saturated rings. The third-order valence-corrected chi connectivity index (χ3v) is 4.51. The van der Waals surface area contributed by atoms with Gasteiger partial charge in [0, 0.05) is 18.7 Å². The molecule has 1 aliphatic carbocycles. The maximum atomic E-state index is 12.0. The SMILES string of the molecule is CCCCNc1sc(C(=O)NCC)c(N)c1C1CC1. The van der Waals surface area contributed by atoms with Gasteiger partial charge in [0.2, 0.25) is 0 Å². The van der Waals surface area contributed by atoms with E-state index >= 15 is 0 Å². The Morgan fingerprint density at radius 2 is 2.16 bits per heavy atom. The molecule has 0 bridgehead atoms. The first-order chi connectivity index (χ1) is 9.19. The van der Waals surface area contributed by atoms with E-state index in [-0.39, 0.29) is 5.91 Å². The highest BCUT2D eigenvalue weighted by atomic mass is 32.1. The van der Waals surface area contributed by atoms with E-state index in [1.807, 2.05) is 6.92 Å². The summed E-state index contributed by atoms with van der Waals surface area (Å²) < 4.78 is 0. The Bertz CT molecular complexity index is 452. The number of nitrogens with two attached hydrogens (primary N) is 1. The van der Waals surface area contributed by atoms with Gasteiger partial charge in [0.25, 0.3) is 5.91 Å². The van der Waals surface area contributed by atoms with Gasteiger partial charge in [-0.25, -0.2) is 0 Å². The molecule has 1 saturated carbocycles. The summed E-state index contributed by atoms with van der Waals surface area (Å²) in [6.07, 6.45) is 4.69. The smallest absolute Gasteiger partial charge is 0.263 e. The Morgan fingerprint density at radius 3 is 2.74 bits per heavy atom. The van der Waals surface area contributed by atoms with Gasteiger partial charge < -0.3 is 16.4 Å². The van der Waals surface area contributed by atoms with Crippen LogP contribution in [0.15, 0.2) is 0 Å². The lowest BCUT2D eigenvalue weighted by Gasteiger charge is -2.06. The monoisotopic (exact) mass is 281 g/mol. The minimum Gasteiger partial charge on any atom is -0.397 e. The van der Waals surface area contributed by atoms with Crippen LogP contribution in [-0.2, 0) is 0 Å². The maximum Gasteiger partial charge on any atom is 0.263 e. The highest BCUT2D eigenvalue weighted by Gasteiger charge is 2.32. The van der Waals surface area contributed by atoms with E-state index in [1.165, 1.54) is 29.7 Å². The summed E-state index contributed by atoms with van der Waals surface area (Å²) in [4.78, 5) is 12.7. The molecule has 1 amide bonds. The number of anilines is 2. The fourth-order valence-electron chi connectivity index (χ4n) is 2.15. The van der Waals surface area contributed by atoms with Crippen molar-refractivity contribution < 1.29 is 4.79 Å². The fraction of sp³-hybridized carbons (Fsp3) is 0.643. The largest absolute Gasteiger partial charge is 0.397 e. The Labute approximate surface area is 118 Å². The van der Waals surface area contributed by atoms with Crippen molar-refractivity contribution in [3.63, 3.8) is 0 Å². The number of carbonyl (C=O) groups is 1. The molecular weight excluding hydrogens is 258 g/mol. The van der Waals surface area contributed by atoms with E-state index < -0.39 is 0 Å². The first-order valence-corrected chi connectivity index (χ1v) is 7.94. The van der Waals surface area contributed by atoms with Gasteiger partial charge in [-0.3, -0.25) is 4.79 Å². The van der Waals surface area contributed by atoms with Crippen LogP contribution in [0.2, 0.25) is 0 Å². The third-order valence-electron chi connectivity index (χ3n) is 3.33. The number of amides is 1. The molecule has 1 aromatic heterocycles. The number of carbonyl (C=O) groups excluding carboxylic acids is 1. The molecule has 0 unspecified atom stereocenters. The normalized spacial score (nSPS) is 14.4. The predicted octanol–water partition coefficient (Wildman–Crippen LogP) is 3.17. The Kier molecular flexibility index (Phi) is 4.69. The number of nitrogens with one attached hydrogen (secondary N) is 2. The van der Waals surface area contributed by atoms with Crippen molar-refractivity contribution in [2.75, 3.05) is 24.1 Å². The van der Waals surface area contributed by atoms with Crippen LogP contribution in [-0.4, -0.2) is 19.0 Å². The van der Waals surface area contributed by atoms with Crippen molar-refractivity contribution in [2.24, 2.45) is 0 Å². The Morgan fingerprint density at radius 1 is 1.42 bits per heavy atom. The zero-order chi connectivity index (χ0) is 13.8. The van der Waals surface area contributed by atoms with Crippen LogP contribution in [0.4, 0.5) is 10.7 Å². The average Bonchev–Trinajstić information content (AvgIpc) is 3.15. The second-order valence-corrected chi connectivity index (χ2v) is 6.02. The molecular formula is C14H23N3OS. The molecule has 5 heteroatoms. The van der Waals surface area contributed by atoms with Crippen LogP contribution in [0.5, 0.6) is 0 Å². The summed E-state index contributed by atoms with van der Waals surface area (Å²) in [7, 11) is 0. The van der Waals surface area contributed by atoms with Gasteiger partial charge in [0.15, 0.2) is 0 Å². The summed E-state index contributed by atoms with van der Waals surface area (Å²) in [5.74, 6) is 0.513. The van der Waals surface area contributed by atoms with Gasteiger partial charge in [-0.1, -0.05) is 13.3 Å². The van der Waals surface area contributed by atoms with E-state index in [0.29, 0.717) is 23.0 Å². The molecule has 0 aliphatic heterocycles. The first-order valence-electron chi connectivity index (χ1n) is 7.13. The number of rotatable bonds is 7. The lowest BCUT2D eigenvalue weighted by molar-refractivity contribution is 0.0960. The second-order valence-electron chi connectivity index (χ2n) is 5.00. The lowest BCUT2D eigenvalue weighted by atomic mass is 10.1. The van der Waals surface area contributed by atoms with Crippen LogP contribution < -0.4 is 16.4 Å². The van der Waals surface area contributed by atoms with Gasteiger partial charge in [-0.2, -0.15) is 0 Å². The van der Waals surface area contributed by atoms with Gasteiger partial charge >= 0.3 is 0 Å². The van der Waals surface area contributed by atoms with Crippen LogP contribution in [0.25, 0.3) is 0 Å². The minimum atomic E-state index is -0.0459. The maximum absolute atomic E-state index is 12.0. The predicted molar refractivity (Wildman–Crippen MR) is 82.1 cm³/mol. The fourth-order valence-corrected chi connectivity index (χ4v) is 3.30. The summed E-state index contributed by atoms with van der Waals surface area (Å²) in [6.45, 7) is 5.68. The van der Waals surface area contributed by atoms with Gasteiger partial charge in [0.05, 0.1) is 10.7 Å². The lowest BCUT2D eigenvalue weighted by Crippen LogP contribution is -2.22. The van der Waals surface area contributed by atoms with Crippen molar-refractivity contribution >= 4 is 27.9 Å². The summed E-state index contributed by atoms with van der Waals surface area (Å²) >= 11 is 1.50. The van der Waals surface area contributed by atoms with Crippen LogP contribution in [0, 0.1) is 0 Å². The van der Waals surface area contributed by atoms with E-state index in [1.54, 1.807) is 0 Å². The second kappa shape index (κ2) is 6.28. The topological polar surface area (TPSA) is 67.2 Å². The minimum absolute atomic E-state index is 0.0459. The summed E-state index contributed by atoms with van der Waals surface area (Å²) in [5, 5.41) is 7.39. The molecule has 1 heterocycles. The molecule has 0 aromatic carbocycles. The van der Waals surface area contributed by atoms with E-state index in [9.17, 15) is 4.79 Å². The first kappa shape index (κ1) is 14.2. The third kappa shape index (κ3) is 3.21. The number of thiophene rings is 1. The molecule has 0 atom stereocenters. The van der Waals surface area contributed by atoms with E-state index in [0.717, 1.165) is 24.4 Å². The van der Waals surface area contributed by atoms with Crippen molar-refractivity contribution in [3.05, 3.63) is 10.4 Å². The molecule has 0 radical (unpaired) electrons. The molecule has 1 aromatic rings. The summed E-state index contributed by atoms with van der Waals surface area (Å²) in [6, 6.07) is 0. The Balaban J connectivity index is 2.20. The van der Waals surface area contributed by atoms with Crippen molar-refractivity contribution in [3.8, 4) is 0 Å². The molecule has 4 N–H and O–H groups in total. The zero-order valence-electron chi connectivity index (χ0n) is 11.7. The number of hydrogen-bond donors (Lipinski definition) is 3. The number of nitrogen functional groups attached to an aromatic ring is 1. The van der Waals surface area contributed by atoms with Crippen molar-refractivity contribution in [1.82, 2.24) is 5.32 Å². The van der Waals surface area contributed by atoms with Gasteiger partial charge in [-0.05, 0) is 32.1 Å². The van der Waals surface area contributed by atoms with E-state index in [4.69, 9.17) is 5.73 Å². The van der Waals surface area contributed by atoms with Crippen molar-refractivity contribution in [2.45, 2.75) is 45.4 Å². The molecule has 0 spiro atoms. The number of hydrogen-bond acceptors (Lipinski definition) is 4. The van der Waals surface area contributed by atoms with Crippen LogP contribution >= 0.6 is 11.3 Å². The highest BCUT2D eigenvalue weighted by molar-refractivity contribution is 7.18. The average molecular weight is 281 g/mol. The molecule has 4 nitrogen and oxygen atoms in total. The summed E-state index contributed by atoms with van der Waals surface area (Å²) in [5.41, 5.74) is 8.06. The molecule has 2 rings (SSSR count). The quantitative estimate of drug-likeness (QED) is 0.672. The number of unbranched alkanes of at least 4 members (excludes halogenated alkanes) is 1. The van der Waals surface area contributed by atoms with Crippen molar-refractivity contribution in [1.29, 1.82) is 0 Å².